The highest BCUT2D eigenvalue weighted by molar-refractivity contribution is 7.87. The minimum Gasteiger partial charge on any atom is -0.480 e. The maximum atomic E-state index is 12.0. The minimum atomic E-state index is -4.72. The summed E-state index contributed by atoms with van der Waals surface area (Å²) < 4.78 is 65.9. The fourth-order valence-corrected chi connectivity index (χ4v) is 3.07. The number of carboxylic acids is 1. The quantitative estimate of drug-likeness (QED) is 0.718. The largest absolute Gasteiger partial charge is 0.480 e. The number of hydrogen-bond acceptors (Lipinski definition) is 4. The van der Waals surface area contributed by atoms with Crippen molar-refractivity contribution in [1.29, 1.82) is 0 Å². The Balaban J connectivity index is 2.83. The number of carboxylic acid groups (broad SMARTS) is 1. The normalized spacial score (nSPS) is 25.7. The van der Waals surface area contributed by atoms with Crippen molar-refractivity contribution in [1.82, 2.24) is 9.03 Å². The van der Waals surface area contributed by atoms with Crippen LogP contribution >= 0.6 is 0 Å². The van der Waals surface area contributed by atoms with Crippen LogP contribution in [0, 0.1) is 0 Å². The second-order valence-electron chi connectivity index (χ2n) is 3.96. The van der Waals surface area contributed by atoms with E-state index in [4.69, 9.17) is 9.84 Å². The molecule has 1 saturated heterocycles. The van der Waals surface area contributed by atoms with Gasteiger partial charge in [-0.3, -0.25) is 4.79 Å². The van der Waals surface area contributed by atoms with Crippen LogP contribution < -0.4 is 4.72 Å². The average Bonchev–Trinajstić information content (AvgIpc) is 2.70. The van der Waals surface area contributed by atoms with Crippen LogP contribution in [0.1, 0.15) is 6.42 Å². The Labute approximate surface area is 107 Å². The van der Waals surface area contributed by atoms with Gasteiger partial charge in [-0.1, -0.05) is 0 Å². The third-order valence-corrected chi connectivity index (χ3v) is 4.13. The van der Waals surface area contributed by atoms with Gasteiger partial charge in [0.25, 0.3) is 10.2 Å². The third kappa shape index (κ3) is 4.30. The summed E-state index contributed by atoms with van der Waals surface area (Å²) in [6.45, 7) is -2.06. The highest BCUT2D eigenvalue weighted by Gasteiger charge is 2.44. The zero-order valence-electron chi connectivity index (χ0n) is 9.85. The van der Waals surface area contributed by atoms with E-state index in [1.807, 2.05) is 0 Å². The molecule has 1 fully saturated rings. The van der Waals surface area contributed by atoms with E-state index in [1.54, 1.807) is 0 Å². The fourth-order valence-electron chi connectivity index (χ4n) is 1.69. The second kappa shape index (κ2) is 5.61. The molecule has 0 aromatic rings. The number of alkyl halides is 3. The summed E-state index contributed by atoms with van der Waals surface area (Å²) in [5.41, 5.74) is 0. The molecule has 0 aromatic carbocycles. The molecule has 7 nitrogen and oxygen atoms in total. The van der Waals surface area contributed by atoms with Gasteiger partial charge in [0.2, 0.25) is 0 Å². The lowest BCUT2D eigenvalue weighted by atomic mass is 10.2. The molecule has 0 aliphatic carbocycles. The van der Waals surface area contributed by atoms with Crippen molar-refractivity contribution in [3.05, 3.63) is 0 Å². The summed E-state index contributed by atoms with van der Waals surface area (Å²) >= 11 is 0. The van der Waals surface area contributed by atoms with Gasteiger partial charge in [0.05, 0.1) is 6.10 Å². The van der Waals surface area contributed by atoms with Crippen LogP contribution in [0.2, 0.25) is 0 Å². The topological polar surface area (TPSA) is 95.9 Å². The Morgan fingerprint density at radius 3 is 2.53 bits per heavy atom. The van der Waals surface area contributed by atoms with Crippen molar-refractivity contribution in [3.8, 4) is 0 Å². The summed E-state index contributed by atoms with van der Waals surface area (Å²) in [5.74, 6) is -1.43. The Hall–Kier alpha value is -0.910. The molecule has 11 heteroatoms. The molecule has 1 aliphatic heterocycles. The molecule has 1 heterocycles. The van der Waals surface area contributed by atoms with Crippen molar-refractivity contribution in [2.45, 2.75) is 24.7 Å². The van der Waals surface area contributed by atoms with E-state index in [0.29, 0.717) is 4.31 Å². The highest BCUT2D eigenvalue weighted by atomic mass is 32.2. The van der Waals surface area contributed by atoms with Crippen LogP contribution in [0.15, 0.2) is 0 Å². The van der Waals surface area contributed by atoms with Gasteiger partial charge in [-0.05, 0) is 0 Å². The predicted octanol–water partition coefficient (Wildman–Crippen LogP) is -0.443. The summed E-state index contributed by atoms with van der Waals surface area (Å²) in [6.07, 6.45) is -5.49. The van der Waals surface area contributed by atoms with Crippen molar-refractivity contribution < 1.29 is 36.2 Å². The van der Waals surface area contributed by atoms with E-state index in [1.165, 1.54) is 11.8 Å². The molecule has 2 N–H and O–H groups in total. The summed E-state index contributed by atoms with van der Waals surface area (Å²) in [6, 6.07) is -1.43. The Kier molecular flexibility index (Phi) is 4.76. The number of halogens is 3. The Morgan fingerprint density at radius 2 is 2.11 bits per heavy atom. The molecule has 0 saturated carbocycles. The van der Waals surface area contributed by atoms with Gasteiger partial charge >= 0.3 is 12.1 Å². The first kappa shape index (κ1) is 16.1. The minimum absolute atomic E-state index is 0.112. The van der Waals surface area contributed by atoms with Crippen LogP contribution in [0.25, 0.3) is 0 Å². The molecule has 2 atom stereocenters. The molecular weight excluding hydrogens is 293 g/mol. The van der Waals surface area contributed by atoms with E-state index < -0.39 is 41.0 Å². The van der Waals surface area contributed by atoms with Crippen LogP contribution in [0.4, 0.5) is 13.2 Å². The lowest BCUT2D eigenvalue weighted by Crippen LogP contribution is -2.48. The van der Waals surface area contributed by atoms with E-state index in [2.05, 4.69) is 0 Å². The zero-order chi connectivity index (χ0) is 14.8. The molecule has 2 unspecified atom stereocenters. The smallest absolute Gasteiger partial charge is 0.402 e. The Bertz CT molecular complexity index is 438. The van der Waals surface area contributed by atoms with E-state index in [-0.39, 0.29) is 13.0 Å². The van der Waals surface area contributed by atoms with Gasteiger partial charge in [-0.2, -0.15) is 30.6 Å². The zero-order valence-corrected chi connectivity index (χ0v) is 10.7. The molecule has 0 bridgehead atoms. The van der Waals surface area contributed by atoms with Gasteiger partial charge in [0.1, 0.15) is 12.6 Å². The van der Waals surface area contributed by atoms with Gasteiger partial charge < -0.3 is 9.84 Å². The molecule has 0 radical (unpaired) electrons. The summed E-state index contributed by atoms with van der Waals surface area (Å²) in [5, 5.41) is 8.88. The van der Waals surface area contributed by atoms with E-state index >= 15 is 0 Å². The summed E-state index contributed by atoms with van der Waals surface area (Å²) in [7, 11) is -3.26. The highest BCUT2D eigenvalue weighted by Crippen LogP contribution is 2.23. The SMILES string of the molecule is COC1CC(C(=O)O)N(S(=O)(=O)NCC(F)(F)F)C1. The van der Waals surface area contributed by atoms with Gasteiger partial charge in [0.15, 0.2) is 0 Å². The van der Waals surface area contributed by atoms with Crippen molar-refractivity contribution >= 4 is 16.2 Å². The van der Waals surface area contributed by atoms with Crippen LogP contribution in [0.5, 0.6) is 0 Å². The van der Waals surface area contributed by atoms with Crippen molar-refractivity contribution in [2.75, 3.05) is 20.2 Å². The predicted molar refractivity (Wildman–Crippen MR) is 56.5 cm³/mol. The Morgan fingerprint density at radius 1 is 1.53 bits per heavy atom. The number of aliphatic carboxylic acids is 1. The molecule has 1 rings (SSSR count). The monoisotopic (exact) mass is 306 g/mol. The van der Waals surface area contributed by atoms with Crippen LogP contribution in [0.3, 0.4) is 0 Å². The summed E-state index contributed by atoms with van der Waals surface area (Å²) in [4.78, 5) is 10.9. The molecular formula is C8H13F3N2O5S. The molecule has 0 amide bonds. The fraction of sp³-hybridized carbons (Fsp3) is 0.875. The third-order valence-electron chi connectivity index (χ3n) is 2.60. The molecule has 19 heavy (non-hydrogen) atoms. The van der Waals surface area contributed by atoms with Crippen LogP contribution in [-0.4, -0.2) is 62.3 Å². The second-order valence-corrected chi connectivity index (χ2v) is 5.67. The molecule has 0 spiro atoms. The first-order chi connectivity index (χ1) is 8.57. The maximum Gasteiger partial charge on any atom is 0.402 e. The van der Waals surface area contributed by atoms with Gasteiger partial charge in [-0.15, -0.1) is 0 Å². The van der Waals surface area contributed by atoms with E-state index in [0.717, 1.165) is 0 Å². The first-order valence-electron chi connectivity index (χ1n) is 5.15. The molecule has 0 aromatic heterocycles. The number of nitrogens with zero attached hydrogens (tertiary/aromatic N) is 1. The lowest BCUT2D eigenvalue weighted by molar-refractivity contribution is -0.140. The standard InChI is InChI=1S/C8H13F3N2O5S/c1-18-5-2-6(7(14)15)13(3-5)19(16,17)12-4-8(9,10)11/h5-6,12H,2-4H2,1H3,(H,14,15). The number of hydrogen-bond donors (Lipinski definition) is 2. The lowest BCUT2D eigenvalue weighted by Gasteiger charge is -2.21. The van der Waals surface area contributed by atoms with Gasteiger partial charge in [0, 0.05) is 20.1 Å². The number of ether oxygens (including phenoxy) is 1. The number of carbonyl (C=O) groups is 1. The average molecular weight is 306 g/mol. The number of rotatable bonds is 5. The number of methoxy groups -OCH3 is 1. The van der Waals surface area contributed by atoms with Crippen LogP contribution in [-0.2, 0) is 19.7 Å². The number of nitrogens with one attached hydrogen (secondary N) is 1. The van der Waals surface area contributed by atoms with E-state index in [9.17, 15) is 26.4 Å². The molecule has 1 aliphatic rings. The van der Waals surface area contributed by atoms with Crippen molar-refractivity contribution in [2.24, 2.45) is 0 Å². The van der Waals surface area contributed by atoms with Crippen molar-refractivity contribution in [3.63, 3.8) is 0 Å². The molecule has 112 valence electrons. The maximum absolute atomic E-state index is 12.0. The van der Waals surface area contributed by atoms with Gasteiger partial charge in [-0.25, -0.2) is 0 Å². The first-order valence-corrected chi connectivity index (χ1v) is 6.59.